The summed E-state index contributed by atoms with van der Waals surface area (Å²) in [7, 11) is 0. The van der Waals surface area contributed by atoms with Crippen LogP contribution in [-0.2, 0) is 16.1 Å². The molecule has 0 aliphatic carbocycles. The maximum absolute atomic E-state index is 13.1. The number of thioether (sulfide) groups is 1. The van der Waals surface area contributed by atoms with Crippen LogP contribution in [-0.4, -0.2) is 35.1 Å². The Kier molecular flexibility index (Phi) is 9.16. The van der Waals surface area contributed by atoms with E-state index in [-0.39, 0.29) is 24.1 Å². The first-order valence-electron chi connectivity index (χ1n) is 9.15. The minimum atomic E-state index is -0.547. The molecular formula is C21H24Cl2N2O2S. The zero-order chi connectivity index (χ0) is 20.5. The summed E-state index contributed by atoms with van der Waals surface area (Å²) in [5.41, 5.74) is 0.816. The number of hydrogen-bond donors (Lipinski definition) is 1. The number of rotatable bonds is 9. The van der Waals surface area contributed by atoms with Gasteiger partial charge in [0.25, 0.3) is 0 Å². The van der Waals surface area contributed by atoms with E-state index in [1.54, 1.807) is 23.1 Å². The predicted octanol–water partition coefficient (Wildman–Crippen LogP) is 5.03. The van der Waals surface area contributed by atoms with E-state index < -0.39 is 6.04 Å². The third-order valence-corrected chi connectivity index (χ3v) is 5.83. The second-order valence-corrected chi connectivity index (χ2v) is 8.07. The molecule has 0 saturated carbocycles. The fourth-order valence-electron chi connectivity index (χ4n) is 2.78. The maximum Gasteiger partial charge on any atom is 0.242 e. The number of nitrogens with zero attached hydrogens (tertiary/aromatic N) is 1. The maximum atomic E-state index is 13.1. The van der Waals surface area contributed by atoms with Gasteiger partial charge in [-0.3, -0.25) is 9.59 Å². The van der Waals surface area contributed by atoms with Crippen molar-refractivity contribution in [1.82, 2.24) is 10.2 Å². The Morgan fingerprint density at radius 3 is 2.36 bits per heavy atom. The number of hydrogen-bond acceptors (Lipinski definition) is 3. The van der Waals surface area contributed by atoms with Crippen molar-refractivity contribution < 1.29 is 9.59 Å². The van der Waals surface area contributed by atoms with E-state index in [1.165, 1.54) is 11.8 Å². The summed E-state index contributed by atoms with van der Waals surface area (Å²) in [5.74, 6) is -0.0398. The molecule has 0 bridgehead atoms. The third kappa shape index (κ3) is 6.43. The van der Waals surface area contributed by atoms with Gasteiger partial charge in [0, 0.05) is 28.0 Å². The van der Waals surface area contributed by atoms with E-state index in [2.05, 4.69) is 5.32 Å². The molecule has 1 N–H and O–H groups in total. The third-order valence-electron chi connectivity index (χ3n) is 4.21. The van der Waals surface area contributed by atoms with Crippen molar-refractivity contribution in [3.63, 3.8) is 0 Å². The highest BCUT2D eigenvalue weighted by Crippen LogP contribution is 2.24. The molecule has 0 aromatic heterocycles. The molecule has 7 heteroatoms. The molecule has 0 saturated heterocycles. The first-order chi connectivity index (χ1) is 13.5. The first kappa shape index (κ1) is 22.6. The quantitative estimate of drug-likeness (QED) is 0.558. The second-order valence-electron chi connectivity index (χ2n) is 6.17. The molecule has 28 heavy (non-hydrogen) atoms. The molecule has 0 fully saturated rings. The second kappa shape index (κ2) is 11.3. The van der Waals surface area contributed by atoms with Crippen molar-refractivity contribution >= 4 is 46.8 Å². The average Bonchev–Trinajstić information content (AvgIpc) is 2.69. The molecule has 2 aromatic carbocycles. The van der Waals surface area contributed by atoms with Crippen molar-refractivity contribution in [3.8, 4) is 0 Å². The van der Waals surface area contributed by atoms with Gasteiger partial charge in [-0.1, -0.05) is 48.3 Å². The van der Waals surface area contributed by atoms with E-state index >= 15 is 0 Å². The molecule has 0 radical (unpaired) electrons. The summed E-state index contributed by atoms with van der Waals surface area (Å²) < 4.78 is 0. The number of halogens is 2. The number of nitrogens with one attached hydrogen (secondary N) is 1. The van der Waals surface area contributed by atoms with Gasteiger partial charge in [0.15, 0.2) is 0 Å². The van der Waals surface area contributed by atoms with Crippen molar-refractivity contribution in [3.05, 3.63) is 64.1 Å². The van der Waals surface area contributed by atoms with E-state index in [4.69, 9.17) is 23.2 Å². The van der Waals surface area contributed by atoms with E-state index in [0.717, 1.165) is 10.5 Å². The van der Waals surface area contributed by atoms with Crippen LogP contribution in [0.15, 0.2) is 53.4 Å². The Morgan fingerprint density at radius 2 is 1.75 bits per heavy atom. The Labute approximate surface area is 180 Å². The van der Waals surface area contributed by atoms with E-state index in [0.29, 0.717) is 23.0 Å². The molecular weight excluding hydrogens is 415 g/mol. The predicted molar refractivity (Wildman–Crippen MR) is 117 cm³/mol. The smallest absolute Gasteiger partial charge is 0.242 e. The van der Waals surface area contributed by atoms with Gasteiger partial charge < -0.3 is 10.2 Å². The minimum Gasteiger partial charge on any atom is -0.355 e. The Bertz CT molecular complexity index is 799. The SMILES string of the molecule is CCNC(=O)[C@@H](CC)N(Cc1ccccc1Cl)C(=O)CSc1ccc(Cl)cc1. The lowest BCUT2D eigenvalue weighted by atomic mass is 10.1. The first-order valence-corrected chi connectivity index (χ1v) is 10.9. The summed E-state index contributed by atoms with van der Waals surface area (Å²) in [5, 5.41) is 4.06. The molecule has 1 atom stereocenters. The summed E-state index contributed by atoms with van der Waals surface area (Å²) in [6, 6.07) is 14.2. The zero-order valence-electron chi connectivity index (χ0n) is 16.0. The highest BCUT2D eigenvalue weighted by atomic mass is 35.5. The Hall–Kier alpha value is -1.69. The number of amides is 2. The number of carbonyl (C=O) groups excluding carboxylic acids is 2. The highest BCUT2D eigenvalue weighted by Gasteiger charge is 2.28. The molecule has 2 amide bonds. The highest BCUT2D eigenvalue weighted by molar-refractivity contribution is 8.00. The van der Waals surface area contributed by atoms with Crippen LogP contribution in [0.3, 0.4) is 0 Å². The van der Waals surface area contributed by atoms with Crippen LogP contribution < -0.4 is 5.32 Å². The molecule has 0 spiro atoms. The minimum absolute atomic E-state index is 0.113. The van der Waals surface area contributed by atoms with Crippen molar-refractivity contribution in [1.29, 1.82) is 0 Å². The molecule has 2 aromatic rings. The molecule has 0 unspecified atom stereocenters. The van der Waals surface area contributed by atoms with Gasteiger partial charge in [0.1, 0.15) is 6.04 Å². The molecule has 0 aliphatic heterocycles. The van der Waals surface area contributed by atoms with Gasteiger partial charge in [0.05, 0.1) is 5.75 Å². The van der Waals surface area contributed by atoms with Crippen LogP contribution in [0.4, 0.5) is 0 Å². The lowest BCUT2D eigenvalue weighted by Gasteiger charge is -2.30. The van der Waals surface area contributed by atoms with Gasteiger partial charge in [-0.15, -0.1) is 11.8 Å². The van der Waals surface area contributed by atoms with Crippen molar-refractivity contribution in [2.24, 2.45) is 0 Å². The largest absolute Gasteiger partial charge is 0.355 e. The molecule has 150 valence electrons. The lowest BCUT2D eigenvalue weighted by molar-refractivity contribution is -0.139. The molecule has 0 aliphatic rings. The van der Waals surface area contributed by atoms with E-state index in [1.807, 2.05) is 44.2 Å². The van der Waals surface area contributed by atoms with Crippen LogP contribution in [0.5, 0.6) is 0 Å². The van der Waals surface area contributed by atoms with Crippen LogP contribution in [0, 0.1) is 0 Å². The molecule has 4 nitrogen and oxygen atoms in total. The van der Waals surface area contributed by atoms with Gasteiger partial charge in [-0.05, 0) is 49.2 Å². The zero-order valence-corrected chi connectivity index (χ0v) is 18.3. The number of carbonyl (C=O) groups is 2. The van der Waals surface area contributed by atoms with Gasteiger partial charge in [-0.2, -0.15) is 0 Å². The Balaban J connectivity index is 2.20. The van der Waals surface area contributed by atoms with Crippen molar-refractivity contribution in [2.45, 2.75) is 37.8 Å². The normalized spacial score (nSPS) is 11.7. The fraction of sp³-hybridized carbons (Fsp3) is 0.333. The molecule has 2 rings (SSSR count). The van der Waals surface area contributed by atoms with Crippen LogP contribution in [0.25, 0.3) is 0 Å². The number of likely N-dealkylation sites (N-methyl/N-ethyl adjacent to an activating group) is 1. The summed E-state index contributed by atoms with van der Waals surface area (Å²) in [4.78, 5) is 28.2. The van der Waals surface area contributed by atoms with Gasteiger partial charge in [0.2, 0.25) is 11.8 Å². The van der Waals surface area contributed by atoms with Gasteiger partial charge >= 0.3 is 0 Å². The monoisotopic (exact) mass is 438 g/mol. The Morgan fingerprint density at radius 1 is 1.07 bits per heavy atom. The van der Waals surface area contributed by atoms with Crippen LogP contribution in [0.1, 0.15) is 25.8 Å². The van der Waals surface area contributed by atoms with Crippen LogP contribution >= 0.6 is 35.0 Å². The molecule has 0 heterocycles. The average molecular weight is 439 g/mol. The van der Waals surface area contributed by atoms with Crippen molar-refractivity contribution in [2.75, 3.05) is 12.3 Å². The summed E-state index contributed by atoms with van der Waals surface area (Å²) >= 11 is 13.6. The topological polar surface area (TPSA) is 49.4 Å². The summed E-state index contributed by atoms with van der Waals surface area (Å²) in [6.45, 7) is 4.57. The summed E-state index contributed by atoms with van der Waals surface area (Å²) in [6.07, 6.45) is 0.521. The van der Waals surface area contributed by atoms with Gasteiger partial charge in [-0.25, -0.2) is 0 Å². The van der Waals surface area contributed by atoms with E-state index in [9.17, 15) is 9.59 Å². The number of benzene rings is 2. The fourth-order valence-corrected chi connectivity index (χ4v) is 3.89. The van der Waals surface area contributed by atoms with Crippen LogP contribution in [0.2, 0.25) is 10.0 Å². The standard InChI is InChI=1S/C21H24Cl2N2O2S/c1-3-19(21(27)24-4-2)25(13-15-7-5-6-8-18(15)23)20(26)14-28-17-11-9-16(22)10-12-17/h5-12,19H,3-4,13-14H2,1-2H3,(H,24,27)/t19-/m1/s1. The lowest BCUT2D eigenvalue weighted by Crippen LogP contribution is -2.49.